The first-order chi connectivity index (χ1) is 13.7. The van der Waals surface area contributed by atoms with Gasteiger partial charge in [0.15, 0.2) is 11.3 Å². The number of halogens is 2. The summed E-state index contributed by atoms with van der Waals surface area (Å²) in [6, 6.07) is 7.54. The number of pyridine rings is 1. The van der Waals surface area contributed by atoms with Gasteiger partial charge >= 0.3 is 12.0 Å². The number of alkyl halides is 2. The molecule has 1 N–H and O–H groups in total. The van der Waals surface area contributed by atoms with E-state index in [9.17, 15) is 23.5 Å². The van der Waals surface area contributed by atoms with Gasteiger partial charge in [0.1, 0.15) is 5.82 Å². The number of hydrogen-bond donors (Lipinski definition) is 1. The lowest BCUT2D eigenvalue weighted by Crippen LogP contribution is -2.51. The maximum Gasteiger partial charge on any atom is 0.483 e. The van der Waals surface area contributed by atoms with E-state index in [-0.39, 0.29) is 33.9 Å². The fraction of sp³-hybridized carbons (Fsp3) is 0.263. The normalized spacial score (nSPS) is 16.4. The van der Waals surface area contributed by atoms with Crippen LogP contribution < -0.4 is 15.2 Å². The van der Waals surface area contributed by atoms with Crippen molar-refractivity contribution >= 4 is 22.6 Å². The van der Waals surface area contributed by atoms with Crippen molar-refractivity contribution in [2.45, 2.75) is 25.7 Å². The number of rotatable bonds is 3. The summed E-state index contributed by atoms with van der Waals surface area (Å²) >= 11 is 0. The average molecular weight is 402 g/mol. The van der Waals surface area contributed by atoms with Crippen LogP contribution in [-0.4, -0.2) is 31.7 Å². The summed E-state index contributed by atoms with van der Waals surface area (Å²) in [6.07, 6.45) is -3.77. The van der Waals surface area contributed by atoms with Crippen LogP contribution in [-0.2, 0) is 18.4 Å². The topological polar surface area (TPSA) is 97.6 Å². The van der Waals surface area contributed by atoms with Crippen LogP contribution in [0.15, 0.2) is 41.3 Å². The van der Waals surface area contributed by atoms with Gasteiger partial charge in [0.05, 0.1) is 23.9 Å². The standard InChI is InChI=1S/C19H16F2N4O4/c1-10(26)11-5-3-7-13-16(11)29-19(20,21)18(28)25(13)9-14-23-12-6-4-8-22-15(12)17(27)24(14)2/h3-8,10,26H,9H2,1-2H3. The summed E-state index contributed by atoms with van der Waals surface area (Å²) in [5, 5.41) is 9.90. The largest absolute Gasteiger partial charge is 0.483 e. The second kappa shape index (κ2) is 6.59. The zero-order valence-corrected chi connectivity index (χ0v) is 15.5. The number of aromatic nitrogens is 3. The molecule has 8 nitrogen and oxygen atoms in total. The number of aliphatic hydroxyl groups excluding tert-OH is 1. The van der Waals surface area contributed by atoms with Crippen LogP contribution in [0, 0.1) is 0 Å². The van der Waals surface area contributed by atoms with Crippen molar-refractivity contribution in [2.75, 3.05) is 4.90 Å². The van der Waals surface area contributed by atoms with E-state index in [1.807, 2.05) is 0 Å². The van der Waals surface area contributed by atoms with Crippen molar-refractivity contribution in [3.05, 3.63) is 58.3 Å². The Morgan fingerprint density at radius 1 is 1.24 bits per heavy atom. The Labute approximate surface area is 163 Å². The van der Waals surface area contributed by atoms with Crippen LogP contribution in [0.2, 0.25) is 0 Å². The number of amides is 1. The molecule has 0 bridgehead atoms. The number of anilines is 1. The number of carbonyl (C=O) groups excluding carboxylic acids is 1. The molecule has 0 spiro atoms. The molecule has 1 atom stereocenters. The average Bonchev–Trinajstić information content (AvgIpc) is 2.68. The molecule has 150 valence electrons. The molecule has 1 aliphatic rings. The highest BCUT2D eigenvalue weighted by Crippen LogP contribution is 2.44. The minimum absolute atomic E-state index is 0.0554. The highest BCUT2D eigenvalue weighted by atomic mass is 19.3. The van der Waals surface area contributed by atoms with Gasteiger partial charge in [-0.1, -0.05) is 12.1 Å². The smallest absolute Gasteiger partial charge is 0.423 e. The first-order valence-corrected chi connectivity index (χ1v) is 8.71. The van der Waals surface area contributed by atoms with E-state index in [1.54, 1.807) is 12.1 Å². The van der Waals surface area contributed by atoms with Crippen molar-refractivity contribution in [2.24, 2.45) is 7.05 Å². The molecule has 10 heteroatoms. The first kappa shape index (κ1) is 18.9. The van der Waals surface area contributed by atoms with Crippen molar-refractivity contribution in [3.8, 4) is 5.75 Å². The molecule has 1 amide bonds. The van der Waals surface area contributed by atoms with E-state index < -0.39 is 30.2 Å². The fourth-order valence-corrected chi connectivity index (χ4v) is 3.22. The molecule has 29 heavy (non-hydrogen) atoms. The Morgan fingerprint density at radius 2 is 2.00 bits per heavy atom. The second-order valence-corrected chi connectivity index (χ2v) is 6.64. The summed E-state index contributed by atoms with van der Waals surface area (Å²) < 4.78 is 34.4. The predicted molar refractivity (Wildman–Crippen MR) is 98.6 cm³/mol. The lowest BCUT2D eigenvalue weighted by atomic mass is 10.1. The molecular formula is C19H16F2N4O4. The zero-order chi connectivity index (χ0) is 20.9. The summed E-state index contributed by atoms with van der Waals surface area (Å²) in [4.78, 5) is 34.1. The van der Waals surface area contributed by atoms with Gasteiger partial charge < -0.3 is 9.84 Å². The molecule has 1 aromatic carbocycles. The fourth-order valence-electron chi connectivity index (χ4n) is 3.22. The molecule has 1 unspecified atom stereocenters. The Balaban J connectivity index is 1.87. The maximum absolute atomic E-state index is 14.3. The first-order valence-electron chi connectivity index (χ1n) is 8.71. The molecular weight excluding hydrogens is 386 g/mol. The molecule has 0 aliphatic carbocycles. The number of nitrogens with zero attached hydrogens (tertiary/aromatic N) is 4. The molecule has 1 aliphatic heterocycles. The maximum atomic E-state index is 14.3. The van der Waals surface area contributed by atoms with Crippen LogP contribution in [0.3, 0.4) is 0 Å². The monoisotopic (exact) mass is 402 g/mol. The van der Waals surface area contributed by atoms with E-state index in [4.69, 9.17) is 0 Å². The van der Waals surface area contributed by atoms with E-state index in [1.165, 1.54) is 38.4 Å². The molecule has 3 heterocycles. The van der Waals surface area contributed by atoms with E-state index in [0.717, 1.165) is 9.47 Å². The number of fused-ring (bicyclic) bond motifs is 2. The summed E-state index contributed by atoms with van der Waals surface area (Å²) in [5.41, 5.74) is 0.130. The van der Waals surface area contributed by atoms with Crippen molar-refractivity contribution < 1.29 is 23.4 Å². The van der Waals surface area contributed by atoms with Crippen LogP contribution in [0.1, 0.15) is 24.4 Å². The van der Waals surface area contributed by atoms with Gasteiger partial charge in [-0.15, -0.1) is 0 Å². The SMILES string of the molecule is CC(O)c1cccc2c1OC(F)(F)C(=O)N2Cc1nc2cccnc2c(=O)n1C. The number of carbonyl (C=O) groups is 1. The summed E-state index contributed by atoms with van der Waals surface area (Å²) in [6.45, 7) is 1.00. The Bertz CT molecular complexity index is 1190. The highest BCUT2D eigenvalue weighted by molar-refractivity contribution is 6.01. The van der Waals surface area contributed by atoms with Gasteiger partial charge in [0.2, 0.25) is 0 Å². The molecule has 0 saturated heterocycles. The number of benzene rings is 1. The van der Waals surface area contributed by atoms with Crippen LogP contribution in [0.4, 0.5) is 14.5 Å². The van der Waals surface area contributed by atoms with Crippen LogP contribution in [0.5, 0.6) is 5.75 Å². The van der Waals surface area contributed by atoms with Crippen LogP contribution >= 0.6 is 0 Å². The number of ether oxygens (including phenoxy) is 1. The third-order valence-electron chi connectivity index (χ3n) is 4.72. The predicted octanol–water partition coefficient (Wildman–Crippen LogP) is 1.90. The van der Waals surface area contributed by atoms with Crippen molar-refractivity contribution in [1.82, 2.24) is 14.5 Å². The summed E-state index contributed by atoms with van der Waals surface area (Å²) in [5.74, 6) is -1.79. The summed E-state index contributed by atoms with van der Waals surface area (Å²) in [7, 11) is 1.43. The number of aliphatic hydroxyl groups is 1. The van der Waals surface area contributed by atoms with E-state index >= 15 is 0 Å². The highest BCUT2D eigenvalue weighted by Gasteiger charge is 2.51. The second-order valence-electron chi connectivity index (χ2n) is 6.64. The molecule has 0 saturated carbocycles. The molecule has 3 aromatic rings. The number of hydrogen-bond acceptors (Lipinski definition) is 6. The lowest BCUT2D eigenvalue weighted by Gasteiger charge is -2.34. The number of para-hydroxylation sites is 1. The van der Waals surface area contributed by atoms with E-state index in [2.05, 4.69) is 14.7 Å². The van der Waals surface area contributed by atoms with Gasteiger partial charge in [-0.3, -0.25) is 19.1 Å². The van der Waals surface area contributed by atoms with Gasteiger partial charge in [0, 0.05) is 18.8 Å². The van der Waals surface area contributed by atoms with Gasteiger partial charge in [-0.25, -0.2) is 9.97 Å². The van der Waals surface area contributed by atoms with E-state index in [0.29, 0.717) is 0 Å². The minimum atomic E-state index is -4.13. The third-order valence-corrected chi connectivity index (χ3v) is 4.72. The Morgan fingerprint density at radius 3 is 2.72 bits per heavy atom. The minimum Gasteiger partial charge on any atom is -0.423 e. The van der Waals surface area contributed by atoms with Crippen LogP contribution in [0.25, 0.3) is 11.0 Å². The Hall–Kier alpha value is -3.40. The molecule has 2 aromatic heterocycles. The van der Waals surface area contributed by atoms with Gasteiger partial charge in [0.25, 0.3) is 5.56 Å². The van der Waals surface area contributed by atoms with Crippen molar-refractivity contribution in [1.29, 1.82) is 0 Å². The molecule has 4 rings (SSSR count). The zero-order valence-electron chi connectivity index (χ0n) is 15.5. The van der Waals surface area contributed by atoms with Crippen molar-refractivity contribution in [3.63, 3.8) is 0 Å². The molecule has 0 fully saturated rings. The third kappa shape index (κ3) is 3.01. The van der Waals surface area contributed by atoms with Gasteiger partial charge in [-0.05, 0) is 25.1 Å². The Kier molecular flexibility index (Phi) is 4.30. The quantitative estimate of drug-likeness (QED) is 0.719. The lowest BCUT2D eigenvalue weighted by molar-refractivity contribution is -0.193. The molecule has 0 radical (unpaired) electrons. The van der Waals surface area contributed by atoms with Gasteiger partial charge in [-0.2, -0.15) is 8.78 Å².